The molecular formula is C15H15NO5. The fourth-order valence-corrected chi connectivity index (χ4v) is 1.02. The second kappa shape index (κ2) is 10.7. The Bertz CT molecular complexity index is 543. The molecule has 0 unspecified atom stereocenters. The minimum atomic E-state index is -1.26. The Morgan fingerprint density at radius 3 is 1.81 bits per heavy atom. The van der Waals surface area contributed by atoms with Crippen molar-refractivity contribution in [1.82, 2.24) is 0 Å². The van der Waals surface area contributed by atoms with Gasteiger partial charge in [0.1, 0.15) is 0 Å². The average Bonchev–Trinajstić information content (AvgIpc) is 2.43. The Kier molecular flexibility index (Phi) is 9.13. The Morgan fingerprint density at radius 2 is 1.38 bits per heavy atom. The molecule has 0 aliphatic carbocycles. The standard InChI is InChI=1S/C11H11NO.C4H4O4/c12-11(13)9-5-4-8-10-6-2-1-3-7-10;5-3(6)1-2-4(7)8/h1-9H,(H2,12,13);1-2H,(H,5,6)(H,7,8)/b;2-1-. The first-order valence-electron chi connectivity index (χ1n) is 5.75. The number of allylic oxidation sites excluding steroid dienone is 2. The normalized spacial score (nSPS) is 10.5. The van der Waals surface area contributed by atoms with E-state index < -0.39 is 17.8 Å². The smallest absolute Gasteiger partial charge is 0.328 e. The number of hydrogen-bond acceptors (Lipinski definition) is 3. The SMILES string of the molecule is NC(=O)C=CC=Cc1ccccc1.O=C(O)/C=C\C(=O)O. The van der Waals surface area contributed by atoms with Gasteiger partial charge in [0.2, 0.25) is 5.91 Å². The molecule has 0 saturated heterocycles. The Balaban J connectivity index is 0.000000433. The maximum absolute atomic E-state index is 10.3. The highest BCUT2D eigenvalue weighted by Crippen LogP contribution is 2.00. The molecule has 0 aliphatic rings. The van der Waals surface area contributed by atoms with Gasteiger partial charge in [-0.05, 0) is 5.56 Å². The number of carbonyl (C=O) groups is 3. The largest absolute Gasteiger partial charge is 0.478 e. The van der Waals surface area contributed by atoms with Crippen molar-refractivity contribution in [3.05, 3.63) is 66.3 Å². The van der Waals surface area contributed by atoms with Gasteiger partial charge in [-0.15, -0.1) is 0 Å². The van der Waals surface area contributed by atoms with Crippen LogP contribution < -0.4 is 5.73 Å². The summed E-state index contributed by atoms with van der Waals surface area (Å²) in [5.41, 5.74) is 6.01. The summed E-state index contributed by atoms with van der Waals surface area (Å²) in [5.74, 6) is -2.95. The van der Waals surface area contributed by atoms with E-state index in [0.717, 1.165) is 5.56 Å². The van der Waals surface area contributed by atoms with Crippen LogP contribution in [0.15, 0.2) is 60.7 Å². The molecule has 0 saturated carbocycles. The number of amides is 1. The number of carbonyl (C=O) groups excluding carboxylic acids is 1. The third kappa shape index (κ3) is 13.1. The Hall–Kier alpha value is -3.15. The number of benzene rings is 1. The first-order chi connectivity index (χ1) is 9.91. The van der Waals surface area contributed by atoms with Crippen LogP contribution in [0.2, 0.25) is 0 Å². The molecule has 1 aromatic carbocycles. The lowest BCUT2D eigenvalue weighted by Crippen LogP contribution is -2.04. The van der Waals surface area contributed by atoms with Crippen LogP contribution in [-0.4, -0.2) is 28.1 Å². The molecule has 0 atom stereocenters. The monoisotopic (exact) mass is 289 g/mol. The van der Waals surface area contributed by atoms with Crippen molar-refractivity contribution in [1.29, 1.82) is 0 Å². The highest BCUT2D eigenvalue weighted by atomic mass is 16.4. The van der Waals surface area contributed by atoms with Crippen LogP contribution in [0.25, 0.3) is 6.08 Å². The van der Waals surface area contributed by atoms with Crippen molar-refractivity contribution in [3.63, 3.8) is 0 Å². The number of rotatable bonds is 5. The van der Waals surface area contributed by atoms with E-state index in [4.69, 9.17) is 15.9 Å². The van der Waals surface area contributed by atoms with E-state index in [1.165, 1.54) is 6.08 Å². The number of carboxylic acids is 2. The van der Waals surface area contributed by atoms with E-state index in [1.54, 1.807) is 12.2 Å². The zero-order chi connectivity index (χ0) is 16.1. The first-order valence-corrected chi connectivity index (χ1v) is 5.75. The molecule has 0 radical (unpaired) electrons. The molecule has 1 amide bonds. The van der Waals surface area contributed by atoms with Gasteiger partial charge in [0.05, 0.1) is 0 Å². The molecular weight excluding hydrogens is 274 g/mol. The molecule has 6 nitrogen and oxygen atoms in total. The van der Waals surface area contributed by atoms with Gasteiger partial charge >= 0.3 is 11.9 Å². The van der Waals surface area contributed by atoms with E-state index in [-0.39, 0.29) is 0 Å². The molecule has 0 spiro atoms. The number of primary amides is 1. The van der Waals surface area contributed by atoms with Crippen molar-refractivity contribution >= 4 is 23.9 Å². The zero-order valence-electron chi connectivity index (χ0n) is 11.0. The number of aliphatic carboxylic acids is 2. The summed E-state index contributed by atoms with van der Waals surface area (Å²) in [7, 11) is 0. The van der Waals surface area contributed by atoms with Gasteiger partial charge in [-0.1, -0.05) is 48.6 Å². The van der Waals surface area contributed by atoms with Crippen molar-refractivity contribution < 1.29 is 24.6 Å². The summed E-state index contributed by atoms with van der Waals surface area (Å²) in [6.07, 6.45) is 7.74. The van der Waals surface area contributed by atoms with E-state index in [2.05, 4.69) is 0 Å². The van der Waals surface area contributed by atoms with Gasteiger partial charge in [-0.25, -0.2) is 9.59 Å². The van der Waals surface area contributed by atoms with Crippen LogP contribution in [0.4, 0.5) is 0 Å². The minimum Gasteiger partial charge on any atom is -0.478 e. The van der Waals surface area contributed by atoms with Crippen LogP contribution in [0, 0.1) is 0 Å². The molecule has 0 bridgehead atoms. The predicted molar refractivity (Wildman–Crippen MR) is 78.2 cm³/mol. The highest BCUT2D eigenvalue weighted by Gasteiger charge is 1.88. The number of nitrogens with two attached hydrogens (primary N) is 1. The summed E-state index contributed by atoms with van der Waals surface area (Å²) >= 11 is 0. The van der Waals surface area contributed by atoms with Crippen molar-refractivity contribution in [2.75, 3.05) is 0 Å². The summed E-state index contributed by atoms with van der Waals surface area (Å²) in [4.78, 5) is 29.4. The van der Waals surface area contributed by atoms with Crippen LogP contribution >= 0.6 is 0 Å². The molecule has 4 N–H and O–H groups in total. The summed E-state index contributed by atoms with van der Waals surface area (Å²) < 4.78 is 0. The Morgan fingerprint density at radius 1 is 0.857 bits per heavy atom. The van der Waals surface area contributed by atoms with E-state index in [0.29, 0.717) is 12.2 Å². The van der Waals surface area contributed by atoms with Crippen LogP contribution in [0.5, 0.6) is 0 Å². The Labute approximate surface area is 121 Å². The number of carboxylic acid groups (broad SMARTS) is 2. The zero-order valence-corrected chi connectivity index (χ0v) is 11.0. The topological polar surface area (TPSA) is 118 Å². The van der Waals surface area contributed by atoms with Gasteiger partial charge < -0.3 is 15.9 Å². The summed E-state index contributed by atoms with van der Waals surface area (Å²) in [6.45, 7) is 0. The molecule has 21 heavy (non-hydrogen) atoms. The lowest BCUT2D eigenvalue weighted by atomic mass is 10.2. The molecule has 0 fully saturated rings. The van der Waals surface area contributed by atoms with E-state index in [1.807, 2.05) is 36.4 Å². The van der Waals surface area contributed by atoms with Crippen molar-refractivity contribution in [2.24, 2.45) is 5.73 Å². The van der Waals surface area contributed by atoms with E-state index >= 15 is 0 Å². The van der Waals surface area contributed by atoms with Crippen LogP contribution in [0.3, 0.4) is 0 Å². The van der Waals surface area contributed by atoms with Crippen LogP contribution in [0.1, 0.15) is 5.56 Å². The fourth-order valence-electron chi connectivity index (χ4n) is 1.02. The molecule has 1 aromatic rings. The third-order valence-corrected chi connectivity index (χ3v) is 1.83. The van der Waals surface area contributed by atoms with Gasteiger partial charge in [0.25, 0.3) is 0 Å². The molecule has 1 rings (SSSR count). The number of hydrogen-bond donors (Lipinski definition) is 3. The first kappa shape index (κ1) is 17.8. The van der Waals surface area contributed by atoms with Gasteiger partial charge in [0.15, 0.2) is 0 Å². The van der Waals surface area contributed by atoms with E-state index in [9.17, 15) is 14.4 Å². The molecule has 0 aliphatic heterocycles. The van der Waals surface area contributed by atoms with Gasteiger partial charge in [0, 0.05) is 18.2 Å². The third-order valence-electron chi connectivity index (χ3n) is 1.83. The lowest BCUT2D eigenvalue weighted by Gasteiger charge is -1.87. The van der Waals surface area contributed by atoms with Crippen LogP contribution in [-0.2, 0) is 14.4 Å². The highest BCUT2D eigenvalue weighted by molar-refractivity contribution is 5.89. The van der Waals surface area contributed by atoms with Crippen molar-refractivity contribution in [2.45, 2.75) is 0 Å². The fraction of sp³-hybridized carbons (Fsp3) is 0. The second-order valence-electron chi connectivity index (χ2n) is 3.54. The summed E-state index contributed by atoms with van der Waals surface area (Å²) in [5, 5.41) is 15.6. The quantitative estimate of drug-likeness (QED) is 0.560. The second-order valence-corrected chi connectivity index (χ2v) is 3.54. The summed E-state index contributed by atoms with van der Waals surface area (Å²) in [6, 6.07) is 9.83. The van der Waals surface area contributed by atoms with Crippen molar-refractivity contribution in [3.8, 4) is 0 Å². The minimum absolute atomic E-state index is 0.433. The average molecular weight is 289 g/mol. The predicted octanol–water partition coefficient (Wildman–Crippen LogP) is 1.45. The maximum atomic E-state index is 10.3. The maximum Gasteiger partial charge on any atom is 0.328 e. The molecule has 0 aromatic heterocycles. The molecule has 110 valence electrons. The molecule has 6 heteroatoms. The van der Waals surface area contributed by atoms with Gasteiger partial charge in [-0.3, -0.25) is 4.79 Å². The van der Waals surface area contributed by atoms with Gasteiger partial charge in [-0.2, -0.15) is 0 Å². The molecule has 0 heterocycles. The lowest BCUT2D eigenvalue weighted by molar-refractivity contribution is -0.134.